The predicted octanol–water partition coefficient (Wildman–Crippen LogP) is 1.90. The van der Waals surface area contributed by atoms with Crippen molar-refractivity contribution in [3.63, 3.8) is 0 Å². The zero-order valence-electron chi connectivity index (χ0n) is 11.5. The van der Waals surface area contributed by atoms with Crippen molar-refractivity contribution in [2.24, 2.45) is 21.7 Å². The fourth-order valence-corrected chi connectivity index (χ4v) is 1.48. The molecule has 2 aromatic rings. The molecule has 4 N–H and O–H groups in total. The van der Waals surface area contributed by atoms with Crippen LogP contribution in [0.2, 0.25) is 0 Å². The summed E-state index contributed by atoms with van der Waals surface area (Å²) in [5, 5.41) is 7.03. The molecule has 0 spiro atoms. The Labute approximate surface area is 128 Å². The van der Waals surface area contributed by atoms with E-state index < -0.39 is 17.9 Å². The summed E-state index contributed by atoms with van der Waals surface area (Å²) in [6.07, 6.45) is -2.35. The molecule has 0 saturated carbocycles. The van der Waals surface area contributed by atoms with Crippen LogP contribution in [0, 0.1) is 0 Å². The number of rotatable bonds is 4. The molecule has 0 aliphatic heterocycles. The van der Waals surface area contributed by atoms with Gasteiger partial charge in [-0.1, -0.05) is 12.1 Å². The Hall–Kier alpha value is -3.17. The lowest BCUT2D eigenvalue weighted by atomic mass is 10.2. The van der Waals surface area contributed by atoms with Crippen LogP contribution in [0.3, 0.4) is 0 Å². The van der Waals surface area contributed by atoms with Gasteiger partial charge in [0.2, 0.25) is 5.96 Å². The molecule has 120 valence electrons. The first kappa shape index (κ1) is 16.2. The molecule has 23 heavy (non-hydrogen) atoms. The molecule has 0 saturated heterocycles. The minimum absolute atomic E-state index is 0.196. The Morgan fingerprint density at radius 2 is 1.91 bits per heavy atom. The standard InChI is InChI=1S/C13H11F3N6O/c14-13(15,16)10-5-6-19-12(21-10)23-9-4-2-1-3-8(9)7-20-22-11(17)18/h1-7H,(H4,17,18,22). The van der Waals surface area contributed by atoms with Crippen molar-refractivity contribution in [2.45, 2.75) is 6.18 Å². The monoisotopic (exact) mass is 324 g/mol. The normalized spacial score (nSPS) is 11.4. The van der Waals surface area contributed by atoms with Gasteiger partial charge < -0.3 is 16.2 Å². The maximum atomic E-state index is 12.6. The Balaban J connectivity index is 2.27. The lowest BCUT2D eigenvalue weighted by Gasteiger charge is -2.09. The van der Waals surface area contributed by atoms with E-state index in [-0.39, 0.29) is 11.7 Å². The first-order valence-electron chi connectivity index (χ1n) is 6.15. The van der Waals surface area contributed by atoms with E-state index in [1.54, 1.807) is 18.2 Å². The van der Waals surface area contributed by atoms with E-state index in [0.717, 1.165) is 12.3 Å². The number of hydrogen-bond donors (Lipinski definition) is 2. The second kappa shape index (κ2) is 6.73. The van der Waals surface area contributed by atoms with E-state index in [9.17, 15) is 13.2 Å². The van der Waals surface area contributed by atoms with Gasteiger partial charge in [0.15, 0.2) is 5.69 Å². The van der Waals surface area contributed by atoms with Gasteiger partial charge >= 0.3 is 12.2 Å². The highest BCUT2D eigenvalue weighted by Gasteiger charge is 2.33. The average Bonchev–Trinajstić information content (AvgIpc) is 2.48. The molecular formula is C13H11F3N6O. The number of ether oxygens (including phenoxy) is 1. The fraction of sp³-hybridized carbons (Fsp3) is 0.0769. The largest absolute Gasteiger partial charge is 0.433 e. The summed E-state index contributed by atoms with van der Waals surface area (Å²) in [7, 11) is 0. The highest BCUT2D eigenvalue weighted by Crippen LogP contribution is 2.29. The molecule has 1 aromatic carbocycles. The Kier molecular flexibility index (Phi) is 4.74. The Morgan fingerprint density at radius 1 is 1.17 bits per heavy atom. The van der Waals surface area contributed by atoms with Crippen LogP contribution < -0.4 is 16.2 Å². The summed E-state index contributed by atoms with van der Waals surface area (Å²) >= 11 is 0. The molecular weight excluding hydrogens is 313 g/mol. The molecule has 1 aromatic heterocycles. The van der Waals surface area contributed by atoms with Crippen LogP contribution in [-0.4, -0.2) is 22.1 Å². The number of para-hydroxylation sites is 1. The van der Waals surface area contributed by atoms with Crippen molar-refractivity contribution in [1.29, 1.82) is 0 Å². The number of aromatic nitrogens is 2. The second-order valence-corrected chi connectivity index (χ2v) is 4.13. The van der Waals surface area contributed by atoms with Crippen molar-refractivity contribution in [3.05, 3.63) is 47.8 Å². The number of guanidine groups is 1. The Bertz CT molecular complexity index is 740. The third-order valence-electron chi connectivity index (χ3n) is 2.41. The molecule has 2 rings (SSSR count). The lowest BCUT2D eigenvalue weighted by Crippen LogP contribution is -2.21. The summed E-state index contributed by atoms with van der Waals surface area (Å²) < 4.78 is 43.1. The van der Waals surface area contributed by atoms with Crippen LogP contribution in [-0.2, 0) is 6.18 Å². The average molecular weight is 324 g/mol. The van der Waals surface area contributed by atoms with Crippen molar-refractivity contribution in [2.75, 3.05) is 0 Å². The molecule has 0 fully saturated rings. The van der Waals surface area contributed by atoms with Crippen LogP contribution in [0.1, 0.15) is 11.3 Å². The SMILES string of the molecule is NC(N)=NN=Cc1ccccc1Oc1nccc(C(F)(F)F)n1. The van der Waals surface area contributed by atoms with Gasteiger partial charge in [-0.25, -0.2) is 4.98 Å². The molecule has 0 aliphatic rings. The van der Waals surface area contributed by atoms with Gasteiger partial charge in [0.25, 0.3) is 0 Å². The van der Waals surface area contributed by atoms with E-state index in [0.29, 0.717) is 5.56 Å². The van der Waals surface area contributed by atoms with Crippen LogP contribution >= 0.6 is 0 Å². The number of alkyl halides is 3. The second-order valence-electron chi connectivity index (χ2n) is 4.13. The molecule has 7 nitrogen and oxygen atoms in total. The number of nitrogens with zero attached hydrogens (tertiary/aromatic N) is 4. The topological polar surface area (TPSA) is 112 Å². The third kappa shape index (κ3) is 4.66. The minimum Gasteiger partial charge on any atom is -0.424 e. The van der Waals surface area contributed by atoms with Gasteiger partial charge in [-0.3, -0.25) is 0 Å². The lowest BCUT2D eigenvalue weighted by molar-refractivity contribution is -0.141. The van der Waals surface area contributed by atoms with E-state index >= 15 is 0 Å². The first-order valence-corrected chi connectivity index (χ1v) is 6.15. The quantitative estimate of drug-likeness (QED) is 0.507. The van der Waals surface area contributed by atoms with E-state index in [4.69, 9.17) is 16.2 Å². The molecule has 0 amide bonds. The predicted molar refractivity (Wildman–Crippen MR) is 77.0 cm³/mol. The number of halogens is 3. The molecule has 0 radical (unpaired) electrons. The van der Waals surface area contributed by atoms with Gasteiger partial charge in [0.1, 0.15) is 5.75 Å². The number of hydrogen-bond acceptors (Lipinski definition) is 5. The van der Waals surface area contributed by atoms with Crippen LogP contribution in [0.4, 0.5) is 13.2 Å². The van der Waals surface area contributed by atoms with Gasteiger partial charge in [0.05, 0.1) is 6.21 Å². The summed E-state index contributed by atoms with van der Waals surface area (Å²) in [6.45, 7) is 0. The highest BCUT2D eigenvalue weighted by atomic mass is 19.4. The molecule has 0 unspecified atom stereocenters. The van der Waals surface area contributed by atoms with Crippen LogP contribution in [0.25, 0.3) is 0 Å². The number of benzene rings is 1. The van der Waals surface area contributed by atoms with Crippen molar-refractivity contribution in [3.8, 4) is 11.8 Å². The fourth-order valence-electron chi connectivity index (χ4n) is 1.48. The van der Waals surface area contributed by atoms with Gasteiger partial charge in [-0.05, 0) is 18.2 Å². The molecule has 1 heterocycles. The maximum Gasteiger partial charge on any atom is 0.433 e. The van der Waals surface area contributed by atoms with Gasteiger partial charge in [0, 0.05) is 11.8 Å². The Morgan fingerprint density at radius 3 is 2.61 bits per heavy atom. The van der Waals surface area contributed by atoms with E-state index in [2.05, 4.69) is 20.2 Å². The van der Waals surface area contributed by atoms with Crippen molar-refractivity contribution >= 4 is 12.2 Å². The number of nitrogens with two attached hydrogens (primary N) is 2. The third-order valence-corrected chi connectivity index (χ3v) is 2.41. The maximum absolute atomic E-state index is 12.6. The molecule has 0 atom stereocenters. The van der Waals surface area contributed by atoms with E-state index in [1.807, 2.05) is 0 Å². The van der Waals surface area contributed by atoms with Gasteiger partial charge in [-0.15, -0.1) is 5.10 Å². The minimum atomic E-state index is -4.59. The summed E-state index contributed by atoms with van der Waals surface area (Å²) in [5.74, 6) is -0.0396. The molecule has 0 bridgehead atoms. The highest BCUT2D eigenvalue weighted by molar-refractivity contribution is 5.84. The first-order chi connectivity index (χ1) is 10.9. The molecule has 10 heteroatoms. The van der Waals surface area contributed by atoms with Crippen molar-refractivity contribution < 1.29 is 17.9 Å². The van der Waals surface area contributed by atoms with Crippen molar-refractivity contribution in [1.82, 2.24) is 9.97 Å². The summed E-state index contributed by atoms with van der Waals surface area (Å²) in [6, 6.07) is 6.73. The molecule has 0 aliphatic carbocycles. The van der Waals surface area contributed by atoms with E-state index in [1.165, 1.54) is 12.3 Å². The van der Waals surface area contributed by atoms with Gasteiger partial charge in [-0.2, -0.15) is 23.3 Å². The van der Waals surface area contributed by atoms with Crippen LogP contribution in [0.15, 0.2) is 46.7 Å². The van der Waals surface area contributed by atoms with Crippen LogP contribution in [0.5, 0.6) is 11.8 Å². The zero-order chi connectivity index (χ0) is 16.9. The summed E-state index contributed by atoms with van der Waals surface area (Å²) in [4.78, 5) is 6.97. The zero-order valence-corrected chi connectivity index (χ0v) is 11.5. The summed E-state index contributed by atoms with van der Waals surface area (Å²) in [5.41, 5.74) is 9.59. The smallest absolute Gasteiger partial charge is 0.424 e.